The number of amides is 1. The number of carbonyl (C=O) groups excluding carboxylic acids is 1. The van der Waals surface area contributed by atoms with Gasteiger partial charge in [0.25, 0.3) is 11.5 Å². The molecule has 10 heteroatoms. The number of hydrogen-bond donors (Lipinski definition) is 2. The molecule has 8 nitrogen and oxygen atoms in total. The van der Waals surface area contributed by atoms with E-state index in [0.29, 0.717) is 58.5 Å². The zero-order valence-electron chi connectivity index (χ0n) is 20.9. The maximum atomic E-state index is 13.8. The smallest absolute Gasteiger partial charge is 0.263 e. The standard InChI is InChI=1S/C27H29Cl2N5O3/c1-15(2)30-27-32-24-12-33(25(35)17-4-9-22(28)23(29)11-17)16(3)10-21(24)26(36)34(27)20-7-5-18(6-8-20)31-19-13-37-14-19/h4-9,11,15-16,19,31H,10,12-14H2,1-3H3,(H,30,32)/t16-/m1/s1. The number of halogens is 2. The van der Waals surface area contributed by atoms with E-state index < -0.39 is 0 Å². The van der Waals surface area contributed by atoms with E-state index in [2.05, 4.69) is 10.6 Å². The van der Waals surface area contributed by atoms with Crippen molar-refractivity contribution in [2.24, 2.45) is 0 Å². The summed E-state index contributed by atoms with van der Waals surface area (Å²) in [4.78, 5) is 33.7. The van der Waals surface area contributed by atoms with Crippen molar-refractivity contribution in [2.75, 3.05) is 23.8 Å². The molecule has 1 fully saturated rings. The Morgan fingerprint density at radius 2 is 1.84 bits per heavy atom. The molecule has 194 valence electrons. The number of rotatable bonds is 6. The average Bonchev–Trinajstić information content (AvgIpc) is 2.83. The highest BCUT2D eigenvalue weighted by Crippen LogP contribution is 2.28. The molecule has 0 aliphatic carbocycles. The molecule has 2 aliphatic rings. The summed E-state index contributed by atoms with van der Waals surface area (Å²) in [6.45, 7) is 7.54. The molecule has 1 saturated heterocycles. The van der Waals surface area contributed by atoms with Gasteiger partial charge >= 0.3 is 0 Å². The Morgan fingerprint density at radius 3 is 2.46 bits per heavy atom. The Hall–Kier alpha value is -3.07. The Morgan fingerprint density at radius 1 is 1.11 bits per heavy atom. The van der Waals surface area contributed by atoms with Gasteiger partial charge in [0, 0.05) is 28.9 Å². The lowest BCUT2D eigenvalue weighted by atomic mass is 9.98. The summed E-state index contributed by atoms with van der Waals surface area (Å²) in [5, 5.41) is 7.44. The molecule has 0 unspecified atom stereocenters. The molecule has 0 spiro atoms. The Balaban J connectivity index is 1.49. The largest absolute Gasteiger partial charge is 0.378 e. The zero-order chi connectivity index (χ0) is 26.3. The van der Waals surface area contributed by atoms with Crippen LogP contribution >= 0.6 is 23.2 Å². The molecule has 3 heterocycles. The third kappa shape index (κ3) is 5.19. The summed E-state index contributed by atoms with van der Waals surface area (Å²) >= 11 is 12.2. The van der Waals surface area contributed by atoms with Crippen LogP contribution in [0.5, 0.6) is 0 Å². The third-order valence-electron chi connectivity index (χ3n) is 6.59. The topological polar surface area (TPSA) is 88.5 Å². The first-order valence-corrected chi connectivity index (χ1v) is 13.1. The van der Waals surface area contributed by atoms with E-state index in [1.54, 1.807) is 27.7 Å². The van der Waals surface area contributed by atoms with Crippen LogP contribution < -0.4 is 16.2 Å². The fourth-order valence-corrected chi connectivity index (χ4v) is 4.88. The number of aromatic nitrogens is 2. The van der Waals surface area contributed by atoms with Crippen LogP contribution in [0.15, 0.2) is 47.3 Å². The van der Waals surface area contributed by atoms with E-state index in [1.807, 2.05) is 45.0 Å². The minimum atomic E-state index is -0.197. The highest BCUT2D eigenvalue weighted by molar-refractivity contribution is 6.42. The molecule has 1 amide bonds. The fraction of sp³-hybridized carbons (Fsp3) is 0.370. The number of nitrogens with zero attached hydrogens (tertiary/aromatic N) is 3. The maximum absolute atomic E-state index is 13.8. The van der Waals surface area contributed by atoms with E-state index >= 15 is 0 Å². The van der Waals surface area contributed by atoms with Gasteiger partial charge in [-0.3, -0.25) is 9.59 Å². The summed E-state index contributed by atoms with van der Waals surface area (Å²) in [7, 11) is 0. The molecule has 37 heavy (non-hydrogen) atoms. The molecule has 3 aromatic rings. The molecule has 1 atom stereocenters. The number of nitrogens with one attached hydrogen (secondary N) is 2. The number of ether oxygens (including phenoxy) is 1. The monoisotopic (exact) mass is 541 g/mol. The van der Waals surface area contributed by atoms with Gasteiger partial charge in [-0.15, -0.1) is 0 Å². The van der Waals surface area contributed by atoms with E-state index in [1.165, 1.54) is 0 Å². The van der Waals surface area contributed by atoms with Gasteiger partial charge in [0.2, 0.25) is 5.95 Å². The summed E-state index contributed by atoms with van der Waals surface area (Å²) in [5.74, 6) is 0.268. The molecule has 2 N–H and O–H groups in total. The van der Waals surface area contributed by atoms with Gasteiger partial charge in [-0.05, 0) is 69.7 Å². The maximum Gasteiger partial charge on any atom is 0.263 e. The molecule has 1 aromatic heterocycles. The van der Waals surface area contributed by atoms with Crippen molar-refractivity contribution < 1.29 is 9.53 Å². The lowest BCUT2D eigenvalue weighted by molar-refractivity contribution is 0.0211. The van der Waals surface area contributed by atoms with Crippen molar-refractivity contribution in [3.8, 4) is 5.69 Å². The highest BCUT2D eigenvalue weighted by atomic mass is 35.5. The van der Waals surface area contributed by atoms with E-state index in [-0.39, 0.29) is 30.1 Å². The highest BCUT2D eigenvalue weighted by Gasteiger charge is 2.32. The van der Waals surface area contributed by atoms with Crippen LogP contribution in [-0.2, 0) is 17.7 Å². The number of hydrogen-bond acceptors (Lipinski definition) is 6. The quantitative estimate of drug-likeness (QED) is 0.467. The van der Waals surface area contributed by atoms with Crippen LogP contribution in [0.1, 0.15) is 42.4 Å². The second-order valence-electron chi connectivity index (χ2n) is 9.84. The first-order valence-electron chi connectivity index (χ1n) is 12.3. The van der Waals surface area contributed by atoms with Gasteiger partial charge in [-0.1, -0.05) is 23.2 Å². The van der Waals surface area contributed by atoms with Gasteiger partial charge in [-0.25, -0.2) is 9.55 Å². The molecule has 5 rings (SSSR count). The zero-order valence-corrected chi connectivity index (χ0v) is 22.4. The lowest BCUT2D eigenvalue weighted by Crippen LogP contribution is -2.46. The van der Waals surface area contributed by atoms with Crippen LogP contribution in [-0.4, -0.2) is 51.7 Å². The van der Waals surface area contributed by atoms with E-state index in [4.69, 9.17) is 32.9 Å². The van der Waals surface area contributed by atoms with Crippen LogP contribution in [0.2, 0.25) is 10.0 Å². The van der Waals surface area contributed by atoms with Crippen molar-refractivity contribution >= 4 is 40.7 Å². The van der Waals surface area contributed by atoms with E-state index in [0.717, 1.165) is 11.4 Å². The van der Waals surface area contributed by atoms with Gasteiger partial charge in [-0.2, -0.15) is 0 Å². The van der Waals surface area contributed by atoms with Crippen molar-refractivity contribution in [1.82, 2.24) is 14.5 Å². The van der Waals surface area contributed by atoms with Crippen LogP contribution in [0.4, 0.5) is 11.6 Å². The summed E-state index contributed by atoms with van der Waals surface area (Å²) in [6.07, 6.45) is 0.400. The summed E-state index contributed by atoms with van der Waals surface area (Å²) in [6, 6.07) is 12.7. The number of carbonyl (C=O) groups is 1. The molecule has 0 bridgehead atoms. The molecular formula is C27H29Cl2N5O3. The van der Waals surface area contributed by atoms with Crippen molar-refractivity contribution in [3.05, 3.63) is 79.7 Å². The third-order valence-corrected chi connectivity index (χ3v) is 7.33. The van der Waals surface area contributed by atoms with Crippen molar-refractivity contribution in [3.63, 3.8) is 0 Å². The van der Waals surface area contributed by atoms with Gasteiger partial charge in [0.05, 0.1) is 47.2 Å². The summed E-state index contributed by atoms with van der Waals surface area (Å²) < 4.78 is 6.85. The number of fused-ring (bicyclic) bond motifs is 1. The molecule has 2 aliphatic heterocycles. The first kappa shape index (κ1) is 25.6. The second kappa shape index (κ2) is 10.4. The van der Waals surface area contributed by atoms with Crippen molar-refractivity contribution in [2.45, 2.75) is 51.9 Å². The van der Waals surface area contributed by atoms with E-state index in [9.17, 15) is 9.59 Å². The molecule has 0 saturated carbocycles. The fourth-order valence-electron chi connectivity index (χ4n) is 4.58. The minimum absolute atomic E-state index is 0.0483. The Labute approximate surface area is 225 Å². The predicted molar refractivity (Wildman–Crippen MR) is 146 cm³/mol. The minimum Gasteiger partial charge on any atom is -0.378 e. The molecular weight excluding hydrogens is 513 g/mol. The normalized spacial score (nSPS) is 17.4. The van der Waals surface area contributed by atoms with Gasteiger partial charge in [0.1, 0.15) is 0 Å². The Bertz CT molecular complexity index is 1390. The van der Waals surface area contributed by atoms with Crippen LogP contribution in [0.3, 0.4) is 0 Å². The molecule has 0 radical (unpaired) electrons. The first-order chi connectivity index (χ1) is 17.7. The van der Waals surface area contributed by atoms with Crippen LogP contribution in [0.25, 0.3) is 5.69 Å². The Kier molecular flexibility index (Phi) is 7.16. The van der Waals surface area contributed by atoms with Gasteiger partial charge < -0.3 is 20.3 Å². The van der Waals surface area contributed by atoms with Gasteiger partial charge in [0.15, 0.2) is 0 Å². The average molecular weight is 542 g/mol. The predicted octanol–water partition coefficient (Wildman–Crippen LogP) is 4.76. The lowest BCUT2D eigenvalue weighted by Gasteiger charge is -2.35. The SMILES string of the molecule is CC(C)Nc1nc2c(c(=O)n1-c1ccc(NC3COC3)cc1)C[C@@H](C)N(C(=O)c1ccc(Cl)c(Cl)c1)C2. The molecule has 2 aromatic carbocycles. The number of benzene rings is 2. The second-order valence-corrected chi connectivity index (χ2v) is 10.7. The van der Waals surface area contributed by atoms with Crippen molar-refractivity contribution in [1.29, 1.82) is 0 Å². The number of anilines is 2. The van der Waals surface area contributed by atoms with Crippen LogP contribution in [0, 0.1) is 0 Å². The summed E-state index contributed by atoms with van der Waals surface area (Å²) in [5.41, 5.74) is 3.23.